The standard InChI is InChI=1S/C19H16F3NO4/c20-19(21,22)16(23)15(17(24)25)18(26)27-9-14-12-7-3-1-5-10(12)11-6-2-4-8-13(11)14/h1-8,14-16H,9,23H2,(H,24,25)/t15-,16?/m0/s1. The van der Waals surface area contributed by atoms with Gasteiger partial charge in [0.25, 0.3) is 0 Å². The molecule has 142 valence electrons. The molecule has 0 amide bonds. The molecule has 0 aromatic heterocycles. The van der Waals surface area contributed by atoms with Crippen LogP contribution in [-0.2, 0) is 14.3 Å². The number of benzene rings is 2. The summed E-state index contributed by atoms with van der Waals surface area (Å²) in [6, 6.07) is 11.9. The van der Waals surface area contributed by atoms with Crippen molar-refractivity contribution in [1.82, 2.24) is 0 Å². The normalized spacial score (nSPS) is 15.6. The molecule has 1 aliphatic rings. The molecule has 5 nitrogen and oxygen atoms in total. The Morgan fingerprint density at radius 2 is 1.52 bits per heavy atom. The molecular weight excluding hydrogens is 363 g/mol. The van der Waals surface area contributed by atoms with Crippen molar-refractivity contribution in [2.24, 2.45) is 11.7 Å². The number of aliphatic carboxylic acids is 1. The Labute approximate surface area is 152 Å². The summed E-state index contributed by atoms with van der Waals surface area (Å²) in [7, 11) is 0. The van der Waals surface area contributed by atoms with Crippen LogP contribution in [0.4, 0.5) is 13.2 Å². The van der Waals surface area contributed by atoms with Crippen molar-refractivity contribution >= 4 is 11.9 Å². The lowest BCUT2D eigenvalue weighted by atomic mass is 9.97. The van der Waals surface area contributed by atoms with E-state index in [0.29, 0.717) is 0 Å². The number of fused-ring (bicyclic) bond motifs is 3. The Morgan fingerprint density at radius 3 is 1.96 bits per heavy atom. The quantitative estimate of drug-likeness (QED) is 0.616. The minimum atomic E-state index is -5.03. The third-order valence-corrected chi connectivity index (χ3v) is 4.61. The molecule has 27 heavy (non-hydrogen) atoms. The molecule has 3 rings (SSSR count). The van der Waals surface area contributed by atoms with E-state index in [4.69, 9.17) is 15.6 Å². The number of esters is 1. The van der Waals surface area contributed by atoms with Gasteiger partial charge in [-0.15, -0.1) is 0 Å². The fourth-order valence-corrected chi connectivity index (χ4v) is 3.28. The van der Waals surface area contributed by atoms with E-state index in [2.05, 4.69) is 0 Å². The molecule has 3 N–H and O–H groups in total. The van der Waals surface area contributed by atoms with Crippen molar-refractivity contribution in [2.45, 2.75) is 18.1 Å². The second kappa shape index (κ2) is 7.03. The Morgan fingerprint density at radius 1 is 1.04 bits per heavy atom. The SMILES string of the molecule is NC([C@@H](C(=O)O)C(=O)OCC1c2ccccc2-c2ccccc21)C(F)(F)F. The van der Waals surface area contributed by atoms with Gasteiger partial charge in [0, 0.05) is 5.92 Å². The average molecular weight is 379 g/mol. The van der Waals surface area contributed by atoms with Crippen LogP contribution in [0.1, 0.15) is 17.0 Å². The van der Waals surface area contributed by atoms with Gasteiger partial charge in [0.1, 0.15) is 12.6 Å². The Bertz CT molecular complexity index is 836. The van der Waals surface area contributed by atoms with Crippen LogP contribution in [0.3, 0.4) is 0 Å². The highest BCUT2D eigenvalue weighted by atomic mass is 19.4. The molecule has 2 aromatic carbocycles. The number of carbonyl (C=O) groups is 2. The lowest BCUT2D eigenvalue weighted by Gasteiger charge is -2.22. The number of rotatable bonds is 5. The zero-order valence-corrected chi connectivity index (χ0v) is 13.9. The van der Waals surface area contributed by atoms with Gasteiger partial charge in [-0.2, -0.15) is 13.2 Å². The van der Waals surface area contributed by atoms with Crippen molar-refractivity contribution in [3.05, 3.63) is 59.7 Å². The van der Waals surface area contributed by atoms with Gasteiger partial charge < -0.3 is 15.6 Å². The Kier molecular flexibility index (Phi) is 4.93. The number of carbonyl (C=O) groups excluding carboxylic acids is 1. The van der Waals surface area contributed by atoms with E-state index in [-0.39, 0.29) is 6.61 Å². The van der Waals surface area contributed by atoms with E-state index in [1.165, 1.54) is 0 Å². The Hall–Kier alpha value is -2.87. The first kappa shape index (κ1) is 18.9. The van der Waals surface area contributed by atoms with E-state index in [0.717, 1.165) is 22.3 Å². The highest BCUT2D eigenvalue weighted by molar-refractivity contribution is 5.95. The number of ether oxygens (including phenoxy) is 1. The smallest absolute Gasteiger partial charge is 0.405 e. The molecule has 1 aliphatic carbocycles. The van der Waals surface area contributed by atoms with Crippen molar-refractivity contribution in [3.8, 4) is 11.1 Å². The summed E-state index contributed by atoms with van der Waals surface area (Å²) >= 11 is 0. The van der Waals surface area contributed by atoms with E-state index in [1.807, 2.05) is 36.4 Å². The molecule has 0 spiro atoms. The summed E-state index contributed by atoms with van der Waals surface area (Å²) in [4.78, 5) is 23.2. The van der Waals surface area contributed by atoms with Gasteiger partial charge in [-0.1, -0.05) is 48.5 Å². The van der Waals surface area contributed by atoms with Gasteiger partial charge >= 0.3 is 18.1 Å². The van der Waals surface area contributed by atoms with E-state index in [1.54, 1.807) is 12.1 Å². The third kappa shape index (κ3) is 3.52. The van der Waals surface area contributed by atoms with Crippen LogP contribution in [-0.4, -0.2) is 35.9 Å². The zero-order chi connectivity index (χ0) is 19.8. The second-order valence-electron chi connectivity index (χ2n) is 6.24. The summed E-state index contributed by atoms with van der Waals surface area (Å²) in [5.74, 6) is -6.39. The predicted octanol–water partition coefficient (Wildman–Crippen LogP) is 2.93. The molecule has 0 saturated heterocycles. The highest BCUT2D eigenvalue weighted by Crippen LogP contribution is 2.44. The number of carboxylic acid groups (broad SMARTS) is 1. The van der Waals surface area contributed by atoms with E-state index >= 15 is 0 Å². The maximum atomic E-state index is 12.8. The van der Waals surface area contributed by atoms with Crippen molar-refractivity contribution in [1.29, 1.82) is 0 Å². The predicted molar refractivity (Wildman–Crippen MR) is 89.8 cm³/mol. The molecule has 1 unspecified atom stereocenters. The summed E-state index contributed by atoms with van der Waals surface area (Å²) in [5.41, 5.74) is 8.53. The van der Waals surface area contributed by atoms with Crippen LogP contribution in [0.25, 0.3) is 11.1 Å². The highest BCUT2D eigenvalue weighted by Gasteiger charge is 2.49. The summed E-state index contributed by atoms with van der Waals surface area (Å²) < 4.78 is 43.3. The average Bonchev–Trinajstić information content (AvgIpc) is 2.93. The molecule has 0 radical (unpaired) electrons. The molecule has 0 fully saturated rings. The zero-order valence-electron chi connectivity index (χ0n) is 13.9. The molecular formula is C19H16F3NO4. The first-order valence-corrected chi connectivity index (χ1v) is 8.11. The first-order valence-electron chi connectivity index (χ1n) is 8.11. The lowest BCUT2D eigenvalue weighted by molar-refractivity contribution is -0.185. The van der Waals surface area contributed by atoms with Crippen LogP contribution >= 0.6 is 0 Å². The molecule has 8 heteroatoms. The largest absolute Gasteiger partial charge is 0.481 e. The molecule has 0 saturated carbocycles. The Balaban J connectivity index is 1.82. The summed E-state index contributed by atoms with van der Waals surface area (Å²) in [6.07, 6.45) is -5.03. The minimum Gasteiger partial charge on any atom is -0.481 e. The minimum absolute atomic E-state index is 0.277. The van der Waals surface area contributed by atoms with Gasteiger partial charge in [0.15, 0.2) is 5.92 Å². The van der Waals surface area contributed by atoms with Crippen LogP contribution in [0.5, 0.6) is 0 Å². The van der Waals surface area contributed by atoms with Crippen molar-refractivity contribution in [2.75, 3.05) is 6.61 Å². The van der Waals surface area contributed by atoms with Gasteiger partial charge in [0.05, 0.1) is 0 Å². The van der Waals surface area contributed by atoms with Gasteiger partial charge in [-0.3, -0.25) is 9.59 Å². The van der Waals surface area contributed by atoms with Crippen LogP contribution in [0.15, 0.2) is 48.5 Å². The monoisotopic (exact) mass is 379 g/mol. The number of halogens is 3. The third-order valence-electron chi connectivity index (χ3n) is 4.61. The number of nitrogens with two attached hydrogens (primary N) is 1. The maximum absolute atomic E-state index is 12.8. The van der Waals surface area contributed by atoms with Crippen molar-refractivity contribution < 1.29 is 32.6 Å². The second-order valence-corrected chi connectivity index (χ2v) is 6.24. The molecule has 0 heterocycles. The fourth-order valence-electron chi connectivity index (χ4n) is 3.28. The topological polar surface area (TPSA) is 89.6 Å². The molecule has 0 aliphatic heterocycles. The molecule has 2 atom stereocenters. The summed E-state index contributed by atoms with van der Waals surface area (Å²) in [5, 5.41) is 9.00. The van der Waals surface area contributed by atoms with Crippen LogP contribution < -0.4 is 5.73 Å². The van der Waals surface area contributed by atoms with Gasteiger partial charge in [-0.05, 0) is 22.3 Å². The number of hydrogen-bond acceptors (Lipinski definition) is 4. The van der Waals surface area contributed by atoms with E-state index in [9.17, 15) is 22.8 Å². The van der Waals surface area contributed by atoms with Crippen LogP contribution in [0.2, 0.25) is 0 Å². The number of hydrogen-bond donors (Lipinski definition) is 2. The van der Waals surface area contributed by atoms with Gasteiger partial charge in [0.2, 0.25) is 0 Å². The number of alkyl halides is 3. The molecule has 2 aromatic rings. The van der Waals surface area contributed by atoms with Crippen molar-refractivity contribution in [3.63, 3.8) is 0 Å². The molecule has 0 bridgehead atoms. The van der Waals surface area contributed by atoms with Gasteiger partial charge in [-0.25, -0.2) is 0 Å². The maximum Gasteiger partial charge on any atom is 0.405 e. The first-order chi connectivity index (χ1) is 12.7. The fraction of sp³-hybridized carbons (Fsp3) is 0.263. The number of carboxylic acids is 1. The van der Waals surface area contributed by atoms with E-state index < -0.39 is 36.0 Å². The summed E-state index contributed by atoms with van der Waals surface area (Å²) in [6.45, 7) is -0.277. The lowest BCUT2D eigenvalue weighted by Crippen LogP contribution is -2.50. The van der Waals surface area contributed by atoms with Crippen LogP contribution in [0, 0.1) is 5.92 Å².